The van der Waals surface area contributed by atoms with Gasteiger partial charge in [-0.3, -0.25) is 4.79 Å². The van der Waals surface area contributed by atoms with Crippen LogP contribution in [0.5, 0.6) is 5.88 Å². The highest BCUT2D eigenvalue weighted by Gasteiger charge is 2.19. The number of hydrogen-bond acceptors (Lipinski definition) is 5. The number of hydrogen-bond donors (Lipinski definition) is 1. The molecule has 0 saturated carbocycles. The molecule has 144 valence electrons. The van der Waals surface area contributed by atoms with Crippen molar-refractivity contribution in [2.45, 2.75) is 40.0 Å². The van der Waals surface area contributed by atoms with Gasteiger partial charge in [-0.25, -0.2) is 4.98 Å². The van der Waals surface area contributed by atoms with E-state index >= 15 is 0 Å². The standard InChI is InChI=1S/C21H28N4O2/c1-4-17-8-5-9-18(12-17)23-19(26)14-27-20-11-16(3)22-21(24-20)25-10-6-7-15(2)13-25/h5,8-9,11-12,15H,4,6-7,10,13-14H2,1-3H3,(H,23,26)/t15-/m1/s1. The molecule has 6 nitrogen and oxygen atoms in total. The van der Waals surface area contributed by atoms with Gasteiger partial charge in [0.2, 0.25) is 11.8 Å². The molecule has 0 radical (unpaired) electrons. The van der Waals surface area contributed by atoms with Crippen LogP contribution in [0, 0.1) is 12.8 Å². The zero-order valence-electron chi connectivity index (χ0n) is 16.4. The van der Waals surface area contributed by atoms with Crippen LogP contribution in [0.4, 0.5) is 11.6 Å². The summed E-state index contributed by atoms with van der Waals surface area (Å²) in [4.78, 5) is 23.5. The molecule has 2 heterocycles. The van der Waals surface area contributed by atoms with Crippen molar-refractivity contribution in [2.75, 3.05) is 29.9 Å². The smallest absolute Gasteiger partial charge is 0.262 e. The molecule has 1 atom stereocenters. The zero-order valence-corrected chi connectivity index (χ0v) is 16.4. The summed E-state index contributed by atoms with van der Waals surface area (Å²) in [5.74, 6) is 1.56. The molecular weight excluding hydrogens is 340 g/mol. The highest BCUT2D eigenvalue weighted by atomic mass is 16.5. The molecule has 1 aliphatic heterocycles. The number of rotatable bonds is 6. The van der Waals surface area contributed by atoms with E-state index in [0.717, 1.165) is 37.3 Å². The lowest BCUT2D eigenvalue weighted by Gasteiger charge is -2.31. The first-order valence-electron chi connectivity index (χ1n) is 9.65. The third-order valence-corrected chi connectivity index (χ3v) is 4.73. The Hall–Kier alpha value is -2.63. The molecular formula is C21H28N4O2. The quantitative estimate of drug-likeness (QED) is 0.844. The van der Waals surface area contributed by atoms with E-state index < -0.39 is 0 Å². The normalized spacial score (nSPS) is 16.9. The molecule has 1 aromatic carbocycles. The maximum Gasteiger partial charge on any atom is 0.262 e. The van der Waals surface area contributed by atoms with Crippen molar-refractivity contribution >= 4 is 17.5 Å². The van der Waals surface area contributed by atoms with Crippen molar-refractivity contribution in [1.29, 1.82) is 0 Å². The van der Waals surface area contributed by atoms with E-state index in [9.17, 15) is 4.79 Å². The lowest BCUT2D eigenvalue weighted by molar-refractivity contribution is -0.118. The van der Waals surface area contributed by atoms with Crippen LogP contribution in [0.25, 0.3) is 0 Å². The summed E-state index contributed by atoms with van der Waals surface area (Å²) in [7, 11) is 0. The first kappa shape index (κ1) is 19.1. The number of nitrogens with one attached hydrogen (secondary N) is 1. The largest absolute Gasteiger partial charge is 0.467 e. The average molecular weight is 368 g/mol. The molecule has 3 rings (SSSR count). The van der Waals surface area contributed by atoms with E-state index in [1.807, 2.05) is 31.2 Å². The van der Waals surface area contributed by atoms with Gasteiger partial charge in [-0.2, -0.15) is 4.98 Å². The van der Waals surface area contributed by atoms with Crippen LogP contribution in [0.1, 0.15) is 37.9 Å². The van der Waals surface area contributed by atoms with E-state index in [1.165, 1.54) is 12.0 Å². The highest BCUT2D eigenvalue weighted by Crippen LogP contribution is 2.22. The van der Waals surface area contributed by atoms with Crippen LogP contribution < -0.4 is 15.0 Å². The molecule has 0 spiro atoms. The van der Waals surface area contributed by atoms with Gasteiger partial charge < -0.3 is 15.0 Å². The SMILES string of the molecule is CCc1cccc(NC(=O)COc2cc(C)nc(N3CCC[C@@H](C)C3)n2)c1. The van der Waals surface area contributed by atoms with Gasteiger partial charge in [0, 0.05) is 30.5 Å². The van der Waals surface area contributed by atoms with Gasteiger partial charge in [0.05, 0.1) is 0 Å². The fraction of sp³-hybridized carbons (Fsp3) is 0.476. The number of carbonyl (C=O) groups excluding carboxylic acids is 1. The summed E-state index contributed by atoms with van der Waals surface area (Å²) in [5, 5.41) is 2.87. The second kappa shape index (κ2) is 8.84. The third kappa shape index (κ3) is 5.42. The van der Waals surface area contributed by atoms with E-state index in [2.05, 4.69) is 34.0 Å². The van der Waals surface area contributed by atoms with Gasteiger partial charge in [-0.1, -0.05) is 26.0 Å². The lowest BCUT2D eigenvalue weighted by atomic mass is 10.0. The van der Waals surface area contributed by atoms with Gasteiger partial charge in [0.25, 0.3) is 5.91 Å². The van der Waals surface area contributed by atoms with Crippen molar-refractivity contribution in [2.24, 2.45) is 5.92 Å². The highest BCUT2D eigenvalue weighted by molar-refractivity contribution is 5.91. The summed E-state index contributed by atoms with van der Waals surface area (Å²) in [6.45, 7) is 8.09. The minimum Gasteiger partial charge on any atom is -0.467 e. The predicted molar refractivity (Wildman–Crippen MR) is 107 cm³/mol. The fourth-order valence-electron chi connectivity index (χ4n) is 3.32. The average Bonchev–Trinajstić information content (AvgIpc) is 2.66. The van der Waals surface area contributed by atoms with Crippen molar-refractivity contribution in [3.8, 4) is 5.88 Å². The van der Waals surface area contributed by atoms with Crippen molar-refractivity contribution in [3.63, 3.8) is 0 Å². The van der Waals surface area contributed by atoms with Crippen molar-refractivity contribution in [3.05, 3.63) is 41.6 Å². The first-order valence-corrected chi connectivity index (χ1v) is 9.65. The van der Waals surface area contributed by atoms with Crippen molar-refractivity contribution in [1.82, 2.24) is 9.97 Å². The van der Waals surface area contributed by atoms with Crippen LogP contribution in [0.3, 0.4) is 0 Å². The number of benzene rings is 1. The molecule has 1 aliphatic rings. The van der Waals surface area contributed by atoms with Crippen LogP contribution in [0.15, 0.2) is 30.3 Å². The Morgan fingerprint density at radius 1 is 1.33 bits per heavy atom. The molecule has 0 bridgehead atoms. The minimum atomic E-state index is -0.201. The summed E-state index contributed by atoms with van der Waals surface area (Å²) in [5.41, 5.74) is 2.80. The van der Waals surface area contributed by atoms with Gasteiger partial charge in [-0.15, -0.1) is 0 Å². The number of ether oxygens (including phenoxy) is 1. The summed E-state index contributed by atoms with van der Waals surface area (Å²) >= 11 is 0. The maximum absolute atomic E-state index is 12.2. The van der Waals surface area contributed by atoms with Crippen LogP contribution >= 0.6 is 0 Å². The number of anilines is 2. The third-order valence-electron chi connectivity index (χ3n) is 4.73. The minimum absolute atomic E-state index is 0.0807. The Bertz CT molecular complexity index is 794. The summed E-state index contributed by atoms with van der Waals surface area (Å²) in [6.07, 6.45) is 3.32. The lowest BCUT2D eigenvalue weighted by Crippen LogP contribution is -2.35. The molecule has 1 saturated heterocycles. The molecule has 27 heavy (non-hydrogen) atoms. The fourth-order valence-corrected chi connectivity index (χ4v) is 3.32. The Kier molecular flexibility index (Phi) is 6.27. The van der Waals surface area contributed by atoms with Crippen LogP contribution in [0.2, 0.25) is 0 Å². The number of piperidine rings is 1. The van der Waals surface area contributed by atoms with Crippen LogP contribution in [-0.2, 0) is 11.2 Å². The van der Waals surface area contributed by atoms with E-state index in [1.54, 1.807) is 6.07 Å². The number of nitrogens with zero attached hydrogens (tertiary/aromatic N) is 3. The molecule has 0 unspecified atom stereocenters. The Morgan fingerprint density at radius 3 is 2.96 bits per heavy atom. The zero-order chi connectivity index (χ0) is 19.2. The van der Waals surface area contributed by atoms with Gasteiger partial charge in [-0.05, 0) is 49.8 Å². The van der Waals surface area contributed by atoms with Gasteiger partial charge in [0.15, 0.2) is 6.61 Å². The van der Waals surface area contributed by atoms with Gasteiger partial charge in [0.1, 0.15) is 0 Å². The molecule has 6 heteroatoms. The number of amides is 1. The molecule has 1 N–H and O–H groups in total. The number of aryl methyl sites for hydroxylation is 2. The van der Waals surface area contributed by atoms with Crippen molar-refractivity contribution < 1.29 is 9.53 Å². The summed E-state index contributed by atoms with van der Waals surface area (Å²) < 4.78 is 5.65. The Labute approximate surface area is 161 Å². The second-order valence-electron chi connectivity index (χ2n) is 7.23. The first-order chi connectivity index (χ1) is 13.0. The monoisotopic (exact) mass is 368 g/mol. The molecule has 0 aliphatic carbocycles. The Morgan fingerprint density at radius 2 is 2.19 bits per heavy atom. The molecule has 1 aromatic heterocycles. The second-order valence-corrected chi connectivity index (χ2v) is 7.23. The molecule has 2 aromatic rings. The number of aromatic nitrogens is 2. The van der Waals surface area contributed by atoms with E-state index in [4.69, 9.17) is 4.74 Å². The summed E-state index contributed by atoms with van der Waals surface area (Å²) in [6, 6.07) is 9.60. The topological polar surface area (TPSA) is 67.3 Å². The number of carbonyl (C=O) groups is 1. The predicted octanol–water partition coefficient (Wildman–Crippen LogP) is 3.60. The molecule has 1 amide bonds. The molecule has 1 fully saturated rings. The van der Waals surface area contributed by atoms with E-state index in [-0.39, 0.29) is 12.5 Å². The Balaban J connectivity index is 1.60. The van der Waals surface area contributed by atoms with E-state index in [0.29, 0.717) is 17.7 Å². The van der Waals surface area contributed by atoms with Gasteiger partial charge >= 0.3 is 0 Å². The maximum atomic E-state index is 12.2. The van der Waals surface area contributed by atoms with Crippen LogP contribution in [-0.4, -0.2) is 35.6 Å².